The average Bonchev–Trinajstić information content (AvgIpc) is 1.84. The molecule has 10 heavy (non-hydrogen) atoms. The first-order valence-electron chi connectivity index (χ1n) is 2.61. The van der Waals surface area contributed by atoms with E-state index < -0.39 is 11.6 Å². The number of hydrogen-bond acceptors (Lipinski definition) is 2. The monoisotopic (exact) mass is 144 g/mol. The number of benzene rings is 1. The van der Waals surface area contributed by atoms with E-state index in [0.717, 1.165) is 6.07 Å². The van der Waals surface area contributed by atoms with Crippen molar-refractivity contribution in [2.75, 3.05) is 11.5 Å². The molecule has 4 heteroatoms. The van der Waals surface area contributed by atoms with Crippen LogP contribution in [0.15, 0.2) is 12.1 Å². The van der Waals surface area contributed by atoms with Crippen LogP contribution in [0.4, 0.5) is 20.2 Å². The first-order valence-corrected chi connectivity index (χ1v) is 2.61. The largest absolute Gasteiger partial charge is 0.396 e. The smallest absolute Gasteiger partial charge is 0.149 e. The molecule has 0 unspecified atom stereocenters. The summed E-state index contributed by atoms with van der Waals surface area (Å²) in [4.78, 5) is 0. The molecule has 1 aromatic carbocycles. The second-order valence-electron chi connectivity index (χ2n) is 1.90. The van der Waals surface area contributed by atoms with Gasteiger partial charge in [-0.1, -0.05) is 0 Å². The first kappa shape index (κ1) is 6.80. The average molecular weight is 144 g/mol. The molecule has 0 saturated heterocycles. The number of nitrogens with two attached hydrogens (primary N) is 2. The fraction of sp³-hybridized carbons (Fsp3) is 0. The molecule has 0 aliphatic heterocycles. The molecule has 0 amide bonds. The van der Waals surface area contributed by atoms with Gasteiger partial charge in [-0.2, -0.15) is 0 Å². The molecule has 0 fully saturated rings. The lowest BCUT2D eigenvalue weighted by molar-refractivity contribution is 0.589. The Bertz CT molecular complexity index is 210. The van der Waals surface area contributed by atoms with E-state index in [9.17, 15) is 8.78 Å². The molecule has 1 rings (SSSR count). The Kier molecular flexibility index (Phi) is 1.45. The van der Waals surface area contributed by atoms with Crippen molar-refractivity contribution in [1.82, 2.24) is 0 Å². The van der Waals surface area contributed by atoms with Gasteiger partial charge in [0, 0.05) is 6.07 Å². The van der Waals surface area contributed by atoms with Crippen LogP contribution < -0.4 is 11.5 Å². The predicted molar refractivity (Wildman–Crippen MR) is 35.2 cm³/mol. The van der Waals surface area contributed by atoms with Crippen molar-refractivity contribution in [2.24, 2.45) is 0 Å². The van der Waals surface area contributed by atoms with Gasteiger partial charge in [0.2, 0.25) is 0 Å². The summed E-state index contributed by atoms with van der Waals surface area (Å²) in [5.74, 6) is -1.57. The third-order valence-electron chi connectivity index (χ3n) is 1.12. The van der Waals surface area contributed by atoms with E-state index in [4.69, 9.17) is 11.5 Å². The zero-order valence-corrected chi connectivity index (χ0v) is 5.07. The molecule has 0 atom stereocenters. The van der Waals surface area contributed by atoms with Gasteiger partial charge >= 0.3 is 0 Å². The molecule has 1 aromatic rings. The molecular weight excluding hydrogens is 138 g/mol. The Morgan fingerprint density at radius 1 is 0.900 bits per heavy atom. The maximum absolute atomic E-state index is 12.3. The van der Waals surface area contributed by atoms with Crippen molar-refractivity contribution in [3.8, 4) is 0 Å². The van der Waals surface area contributed by atoms with E-state index in [-0.39, 0.29) is 11.4 Å². The van der Waals surface area contributed by atoms with Gasteiger partial charge in [0.1, 0.15) is 11.6 Å². The maximum atomic E-state index is 12.3. The summed E-state index contributed by atoms with van der Waals surface area (Å²) < 4.78 is 24.7. The highest BCUT2D eigenvalue weighted by atomic mass is 19.1. The summed E-state index contributed by atoms with van der Waals surface area (Å²) in [6.45, 7) is 0. The highest BCUT2D eigenvalue weighted by Gasteiger charge is 2.03. The van der Waals surface area contributed by atoms with Gasteiger partial charge in [-0.15, -0.1) is 0 Å². The summed E-state index contributed by atoms with van der Waals surface area (Å²) in [6, 6.07) is 1.70. The van der Waals surface area contributed by atoms with Crippen LogP contribution in [0.1, 0.15) is 0 Å². The molecule has 0 heterocycles. The Morgan fingerprint density at radius 3 is 1.60 bits per heavy atom. The third-order valence-corrected chi connectivity index (χ3v) is 1.12. The van der Waals surface area contributed by atoms with Crippen LogP contribution in [-0.2, 0) is 0 Å². The van der Waals surface area contributed by atoms with E-state index in [0.29, 0.717) is 6.07 Å². The molecule has 54 valence electrons. The molecule has 2 nitrogen and oxygen atoms in total. The van der Waals surface area contributed by atoms with Crippen LogP contribution in [0, 0.1) is 11.6 Å². The highest BCUT2D eigenvalue weighted by molar-refractivity contribution is 5.53. The van der Waals surface area contributed by atoms with Gasteiger partial charge in [0.05, 0.1) is 11.4 Å². The van der Waals surface area contributed by atoms with Crippen molar-refractivity contribution < 1.29 is 8.78 Å². The lowest BCUT2D eigenvalue weighted by Crippen LogP contribution is -1.96. The summed E-state index contributed by atoms with van der Waals surface area (Å²) in [5.41, 5.74) is 9.86. The van der Waals surface area contributed by atoms with Gasteiger partial charge in [-0.05, 0) is 6.07 Å². The minimum Gasteiger partial charge on any atom is -0.396 e. The Labute approximate surface area is 56.4 Å². The normalized spacial score (nSPS) is 9.80. The number of rotatable bonds is 0. The second-order valence-corrected chi connectivity index (χ2v) is 1.90. The quantitative estimate of drug-likeness (QED) is 0.536. The molecule has 0 aromatic heterocycles. The van der Waals surface area contributed by atoms with Crippen molar-refractivity contribution in [3.63, 3.8) is 0 Å². The molecule has 0 aliphatic carbocycles. The lowest BCUT2D eigenvalue weighted by Gasteiger charge is -1.98. The maximum Gasteiger partial charge on any atom is 0.149 e. The van der Waals surface area contributed by atoms with E-state index in [1.54, 1.807) is 0 Å². The summed E-state index contributed by atoms with van der Waals surface area (Å²) in [7, 11) is 0. The molecular formula is C6H6F2N2. The van der Waals surface area contributed by atoms with Crippen molar-refractivity contribution >= 4 is 11.4 Å². The lowest BCUT2D eigenvalue weighted by atomic mass is 10.2. The second kappa shape index (κ2) is 2.13. The van der Waals surface area contributed by atoms with Crippen molar-refractivity contribution in [1.29, 1.82) is 0 Å². The Balaban J connectivity index is 3.28. The van der Waals surface area contributed by atoms with E-state index in [1.165, 1.54) is 0 Å². The van der Waals surface area contributed by atoms with E-state index in [2.05, 4.69) is 0 Å². The fourth-order valence-electron chi connectivity index (χ4n) is 0.583. The summed E-state index contributed by atoms with van der Waals surface area (Å²) in [6.07, 6.45) is 0. The highest BCUT2D eigenvalue weighted by Crippen LogP contribution is 2.17. The third kappa shape index (κ3) is 1.00. The molecule has 0 aliphatic rings. The van der Waals surface area contributed by atoms with Crippen molar-refractivity contribution in [3.05, 3.63) is 23.8 Å². The minimum absolute atomic E-state index is 0.140. The molecule has 4 N–H and O–H groups in total. The number of nitrogen functional groups attached to an aromatic ring is 2. The summed E-state index contributed by atoms with van der Waals surface area (Å²) >= 11 is 0. The van der Waals surface area contributed by atoms with Gasteiger partial charge < -0.3 is 11.5 Å². The standard InChI is InChI=1S/C6H6F2N2/c7-3-1-4(8)6(10)2-5(3)9/h1-2H,9-10H2. The molecule has 0 saturated carbocycles. The van der Waals surface area contributed by atoms with Gasteiger partial charge in [-0.25, -0.2) is 8.78 Å². The van der Waals surface area contributed by atoms with Gasteiger partial charge in [-0.3, -0.25) is 0 Å². The van der Waals surface area contributed by atoms with E-state index in [1.807, 2.05) is 0 Å². The van der Waals surface area contributed by atoms with Gasteiger partial charge in [0.25, 0.3) is 0 Å². The Morgan fingerprint density at radius 2 is 1.30 bits per heavy atom. The number of hydrogen-bond donors (Lipinski definition) is 2. The van der Waals surface area contributed by atoms with Gasteiger partial charge in [0.15, 0.2) is 0 Å². The van der Waals surface area contributed by atoms with E-state index >= 15 is 0 Å². The first-order chi connectivity index (χ1) is 4.61. The molecule has 0 bridgehead atoms. The topological polar surface area (TPSA) is 52.0 Å². The zero-order chi connectivity index (χ0) is 7.72. The molecule has 0 spiro atoms. The number of halogens is 2. The van der Waals surface area contributed by atoms with Crippen LogP contribution in [-0.4, -0.2) is 0 Å². The van der Waals surface area contributed by atoms with Crippen LogP contribution in [0.2, 0.25) is 0 Å². The van der Waals surface area contributed by atoms with Crippen LogP contribution in [0.5, 0.6) is 0 Å². The van der Waals surface area contributed by atoms with Crippen LogP contribution in [0.3, 0.4) is 0 Å². The minimum atomic E-state index is -0.785. The van der Waals surface area contributed by atoms with Crippen LogP contribution in [0.25, 0.3) is 0 Å². The van der Waals surface area contributed by atoms with Crippen molar-refractivity contribution in [2.45, 2.75) is 0 Å². The predicted octanol–water partition coefficient (Wildman–Crippen LogP) is 1.13. The fourth-order valence-corrected chi connectivity index (χ4v) is 0.583. The zero-order valence-electron chi connectivity index (χ0n) is 5.07. The number of anilines is 2. The molecule has 0 radical (unpaired) electrons. The Hall–Kier alpha value is -1.32. The van der Waals surface area contributed by atoms with Crippen LogP contribution >= 0.6 is 0 Å². The summed E-state index contributed by atoms with van der Waals surface area (Å²) in [5, 5.41) is 0. The SMILES string of the molecule is Nc1cc(N)c(F)cc1F.